The molecule has 0 unspecified atom stereocenters. The Labute approximate surface area is 137 Å². The Morgan fingerprint density at radius 3 is 2.35 bits per heavy atom. The topological polar surface area (TPSA) is 25.2 Å². The van der Waals surface area contributed by atoms with E-state index in [1.807, 2.05) is 48.8 Å². The molecule has 0 spiro atoms. The molecule has 2 aliphatic rings. The van der Waals surface area contributed by atoms with E-state index >= 15 is 0 Å². The number of nitrogens with zero attached hydrogens (tertiary/aromatic N) is 2. The summed E-state index contributed by atoms with van der Waals surface area (Å²) in [6.45, 7) is 1.89. The van der Waals surface area contributed by atoms with Crippen LogP contribution in [-0.4, -0.2) is 28.5 Å². The molecule has 3 heteroatoms. The third-order valence-electron chi connectivity index (χ3n) is 5.60. The Morgan fingerprint density at radius 2 is 1.61 bits per heavy atom. The van der Waals surface area contributed by atoms with E-state index in [4.69, 9.17) is 0 Å². The van der Waals surface area contributed by atoms with Gasteiger partial charge in [-0.2, -0.15) is 0 Å². The summed E-state index contributed by atoms with van der Waals surface area (Å²) in [5.41, 5.74) is 1.91. The molecule has 1 aromatic heterocycles. The Balaban J connectivity index is 1.46. The molecule has 1 saturated heterocycles. The summed E-state index contributed by atoms with van der Waals surface area (Å²) in [6.07, 6.45) is 10.6. The van der Waals surface area contributed by atoms with Crippen LogP contribution in [0.3, 0.4) is 0 Å². The van der Waals surface area contributed by atoms with Crippen LogP contribution in [0.1, 0.15) is 42.5 Å². The average molecular weight is 308 g/mol. The zero-order valence-electron chi connectivity index (χ0n) is 13.5. The van der Waals surface area contributed by atoms with Crippen molar-refractivity contribution in [1.29, 1.82) is 0 Å². The fourth-order valence-electron chi connectivity index (χ4n) is 4.25. The molecule has 1 amide bonds. The van der Waals surface area contributed by atoms with Gasteiger partial charge in [-0.1, -0.05) is 19.3 Å². The summed E-state index contributed by atoms with van der Waals surface area (Å²) >= 11 is 0. The molecule has 2 fully saturated rings. The normalized spacial score (nSPS) is 24.3. The zero-order valence-corrected chi connectivity index (χ0v) is 13.5. The van der Waals surface area contributed by atoms with Crippen LogP contribution in [-0.2, 0) is 0 Å². The van der Waals surface area contributed by atoms with Crippen LogP contribution < -0.4 is 0 Å². The number of hydrogen-bond acceptors (Lipinski definition) is 1. The molecule has 1 aliphatic heterocycles. The van der Waals surface area contributed by atoms with E-state index in [0.29, 0.717) is 0 Å². The Kier molecular flexibility index (Phi) is 3.94. The standard InChI is InChI=1S/C20H24N2O/c23-20(22-14-11-16-5-1-2-6-18(16)15-22)17-7-9-19(10-8-17)21-12-3-4-13-21/h3-4,7-10,12-13,16,18H,1-2,5-6,11,14-15H2/t16-,18+/m0/s1. The van der Waals surface area contributed by atoms with E-state index in [1.165, 1.54) is 32.1 Å². The van der Waals surface area contributed by atoms with Gasteiger partial charge in [0.05, 0.1) is 0 Å². The lowest BCUT2D eigenvalue weighted by Crippen LogP contribution is -2.44. The molecule has 120 valence electrons. The van der Waals surface area contributed by atoms with Crippen LogP contribution in [0.5, 0.6) is 0 Å². The van der Waals surface area contributed by atoms with E-state index in [9.17, 15) is 4.79 Å². The van der Waals surface area contributed by atoms with E-state index < -0.39 is 0 Å². The zero-order chi connectivity index (χ0) is 15.6. The first kappa shape index (κ1) is 14.6. The minimum atomic E-state index is 0.202. The van der Waals surface area contributed by atoms with Gasteiger partial charge in [-0.05, 0) is 61.1 Å². The Hall–Kier alpha value is -2.03. The van der Waals surface area contributed by atoms with Gasteiger partial charge in [-0.15, -0.1) is 0 Å². The minimum Gasteiger partial charge on any atom is -0.338 e. The van der Waals surface area contributed by atoms with Crippen molar-refractivity contribution in [3.8, 4) is 5.69 Å². The Morgan fingerprint density at radius 1 is 0.913 bits per heavy atom. The van der Waals surface area contributed by atoms with Gasteiger partial charge >= 0.3 is 0 Å². The second-order valence-corrected chi connectivity index (χ2v) is 6.98. The van der Waals surface area contributed by atoms with Crippen LogP contribution in [0.4, 0.5) is 0 Å². The van der Waals surface area contributed by atoms with Crippen molar-refractivity contribution in [2.75, 3.05) is 13.1 Å². The van der Waals surface area contributed by atoms with E-state index in [0.717, 1.165) is 36.2 Å². The highest BCUT2D eigenvalue weighted by Gasteiger charge is 2.33. The molecular weight excluding hydrogens is 284 g/mol. The number of rotatable bonds is 2. The van der Waals surface area contributed by atoms with Crippen molar-refractivity contribution in [1.82, 2.24) is 9.47 Å². The molecule has 0 bridgehead atoms. The molecule has 1 aliphatic carbocycles. The van der Waals surface area contributed by atoms with Gasteiger partial charge in [0, 0.05) is 36.7 Å². The molecule has 2 aromatic rings. The summed E-state index contributed by atoms with van der Waals surface area (Å²) in [6, 6.07) is 12.0. The first-order valence-corrected chi connectivity index (χ1v) is 8.84. The smallest absolute Gasteiger partial charge is 0.253 e. The number of hydrogen-bond donors (Lipinski definition) is 0. The lowest BCUT2D eigenvalue weighted by atomic mass is 9.75. The monoisotopic (exact) mass is 308 g/mol. The summed E-state index contributed by atoms with van der Waals surface area (Å²) < 4.78 is 2.06. The fraction of sp³-hybridized carbons (Fsp3) is 0.450. The quantitative estimate of drug-likeness (QED) is 0.819. The summed E-state index contributed by atoms with van der Waals surface area (Å²) in [7, 11) is 0. The average Bonchev–Trinajstić information content (AvgIpc) is 3.15. The van der Waals surface area contributed by atoms with Crippen molar-refractivity contribution in [2.24, 2.45) is 11.8 Å². The predicted octanol–water partition coefficient (Wildman–Crippen LogP) is 4.13. The van der Waals surface area contributed by atoms with E-state index in [-0.39, 0.29) is 5.91 Å². The highest BCUT2D eigenvalue weighted by atomic mass is 16.2. The first-order chi connectivity index (χ1) is 11.3. The SMILES string of the molecule is O=C(c1ccc(-n2cccc2)cc1)N1CC[C@@H]2CCCC[C@@H]2C1. The predicted molar refractivity (Wildman–Crippen MR) is 91.7 cm³/mol. The third-order valence-corrected chi connectivity index (χ3v) is 5.60. The molecule has 1 aromatic carbocycles. The minimum absolute atomic E-state index is 0.202. The number of carbonyl (C=O) groups is 1. The molecule has 2 heterocycles. The molecule has 3 nitrogen and oxygen atoms in total. The number of aromatic nitrogens is 1. The molecule has 23 heavy (non-hydrogen) atoms. The van der Waals surface area contributed by atoms with Crippen molar-refractivity contribution in [2.45, 2.75) is 32.1 Å². The molecule has 4 rings (SSSR count). The third kappa shape index (κ3) is 2.92. The molecule has 2 atom stereocenters. The number of carbonyl (C=O) groups excluding carboxylic acids is 1. The maximum Gasteiger partial charge on any atom is 0.253 e. The van der Waals surface area contributed by atoms with Gasteiger partial charge in [0.15, 0.2) is 0 Å². The summed E-state index contributed by atoms with van der Waals surface area (Å²) in [5, 5.41) is 0. The number of piperidine rings is 1. The van der Waals surface area contributed by atoms with Gasteiger partial charge in [-0.3, -0.25) is 4.79 Å². The van der Waals surface area contributed by atoms with Gasteiger partial charge in [0.25, 0.3) is 5.91 Å². The fourth-order valence-corrected chi connectivity index (χ4v) is 4.25. The maximum atomic E-state index is 12.8. The molecule has 1 saturated carbocycles. The van der Waals surface area contributed by atoms with E-state index in [1.54, 1.807) is 0 Å². The first-order valence-electron chi connectivity index (χ1n) is 8.84. The van der Waals surface area contributed by atoms with Crippen molar-refractivity contribution in [3.05, 3.63) is 54.4 Å². The largest absolute Gasteiger partial charge is 0.338 e. The van der Waals surface area contributed by atoms with E-state index in [2.05, 4.69) is 9.47 Å². The highest BCUT2D eigenvalue weighted by molar-refractivity contribution is 5.94. The lowest BCUT2D eigenvalue weighted by Gasteiger charge is -2.41. The Bertz CT molecular complexity index is 659. The number of benzene rings is 1. The lowest BCUT2D eigenvalue weighted by molar-refractivity contribution is 0.0521. The second-order valence-electron chi connectivity index (χ2n) is 6.98. The van der Waals surface area contributed by atoms with Crippen LogP contribution in [0.25, 0.3) is 5.69 Å². The van der Waals surface area contributed by atoms with Crippen LogP contribution >= 0.6 is 0 Å². The number of likely N-dealkylation sites (tertiary alicyclic amines) is 1. The van der Waals surface area contributed by atoms with Gasteiger partial charge < -0.3 is 9.47 Å². The van der Waals surface area contributed by atoms with Gasteiger partial charge in [-0.25, -0.2) is 0 Å². The number of amides is 1. The van der Waals surface area contributed by atoms with Crippen LogP contribution in [0.15, 0.2) is 48.8 Å². The van der Waals surface area contributed by atoms with Crippen LogP contribution in [0, 0.1) is 11.8 Å². The van der Waals surface area contributed by atoms with Gasteiger partial charge in [0.2, 0.25) is 0 Å². The second kappa shape index (κ2) is 6.23. The summed E-state index contributed by atoms with van der Waals surface area (Å²) in [4.78, 5) is 14.9. The number of fused-ring (bicyclic) bond motifs is 1. The van der Waals surface area contributed by atoms with Crippen molar-refractivity contribution < 1.29 is 4.79 Å². The van der Waals surface area contributed by atoms with Gasteiger partial charge in [0.1, 0.15) is 0 Å². The molecular formula is C20H24N2O. The summed E-state index contributed by atoms with van der Waals surface area (Å²) in [5.74, 6) is 1.80. The maximum absolute atomic E-state index is 12.8. The van der Waals surface area contributed by atoms with Crippen LogP contribution in [0.2, 0.25) is 0 Å². The highest BCUT2D eigenvalue weighted by Crippen LogP contribution is 2.36. The molecule has 0 N–H and O–H groups in total. The van der Waals surface area contributed by atoms with Crippen molar-refractivity contribution in [3.63, 3.8) is 0 Å². The van der Waals surface area contributed by atoms with Crippen molar-refractivity contribution >= 4 is 5.91 Å². The molecule has 0 radical (unpaired) electrons.